The minimum Gasteiger partial charge on any atom is -0.307 e. The average molecular weight is 277 g/mol. The first-order valence-electron chi connectivity index (χ1n) is 8.13. The molecule has 4 atom stereocenters. The lowest BCUT2D eigenvalue weighted by molar-refractivity contribution is 0.328. The molecule has 1 saturated carbocycles. The molecule has 0 aromatic heterocycles. The van der Waals surface area contributed by atoms with Gasteiger partial charge >= 0.3 is 0 Å². The van der Waals surface area contributed by atoms with Crippen LogP contribution < -0.4 is 5.32 Å². The fourth-order valence-corrected chi connectivity index (χ4v) is 3.31. The van der Waals surface area contributed by atoms with E-state index in [1.165, 1.54) is 31.2 Å². The van der Waals surface area contributed by atoms with Crippen LogP contribution in [0.1, 0.15) is 64.5 Å². The molecular weight excluding hydrogens is 249 g/mol. The van der Waals surface area contributed by atoms with Crippen LogP contribution in [-0.4, -0.2) is 6.04 Å². The van der Waals surface area contributed by atoms with Gasteiger partial charge in [-0.3, -0.25) is 0 Å². The van der Waals surface area contributed by atoms with E-state index in [1.54, 1.807) is 12.1 Å². The number of hydrogen-bond acceptors (Lipinski definition) is 1. The summed E-state index contributed by atoms with van der Waals surface area (Å²) >= 11 is 0. The Morgan fingerprint density at radius 1 is 1.20 bits per heavy atom. The summed E-state index contributed by atoms with van der Waals surface area (Å²) in [7, 11) is 0. The molecule has 1 N–H and O–H groups in total. The number of halogens is 1. The second kappa shape index (κ2) is 7.21. The van der Waals surface area contributed by atoms with Crippen LogP contribution in [0, 0.1) is 17.7 Å². The van der Waals surface area contributed by atoms with Crippen molar-refractivity contribution in [2.45, 2.75) is 65.0 Å². The minimum absolute atomic E-state index is 0.147. The predicted molar refractivity (Wildman–Crippen MR) is 83.2 cm³/mol. The summed E-state index contributed by atoms with van der Waals surface area (Å²) in [5.41, 5.74) is 1.23. The van der Waals surface area contributed by atoms with E-state index in [0.29, 0.717) is 12.1 Å². The van der Waals surface area contributed by atoms with Gasteiger partial charge < -0.3 is 5.32 Å². The van der Waals surface area contributed by atoms with Gasteiger partial charge in [-0.25, -0.2) is 4.39 Å². The molecule has 0 amide bonds. The van der Waals surface area contributed by atoms with Crippen molar-refractivity contribution in [1.82, 2.24) is 5.32 Å². The standard InChI is InChI=1S/C18H28FN/c1-4-5-6-18(15-8-10-16(19)11-9-15)20-17-12-7-13(2)14(17)3/h8-11,13-14,17-18,20H,4-7,12H2,1-3H3. The zero-order valence-electron chi connectivity index (χ0n) is 13.0. The summed E-state index contributed by atoms with van der Waals surface area (Å²) in [6, 6.07) is 8.01. The third-order valence-electron chi connectivity index (χ3n) is 5.00. The van der Waals surface area contributed by atoms with Crippen molar-refractivity contribution in [3.8, 4) is 0 Å². The van der Waals surface area contributed by atoms with Crippen molar-refractivity contribution in [2.75, 3.05) is 0 Å². The minimum atomic E-state index is -0.147. The zero-order chi connectivity index (χ0) is 14.5. The van der Waals surface area contributed by atoms with Crippen LogP contribution in [0.15, 0.2) is 24.3 Å². The Hall–Kier alpha value is -0.890. The topological polar surface area (TPSA) is 12.0 Å². The summed E-state index contributed by atoms with van der Waals surface area (Å²) in [5.74, 6) is 1.40. The second-order valence-corrected chi connectivity index (χ2v) is 6.43. The van der Waals surface area contributed by atoms with Crippen LogP contribution in [0.5, 0.6) is 0 Å². The number of nitrogens with one attached hydrogen (secondary N) is 1. The first kappa shape index (κ1) is 15.5. The molecule has 1 aromatic carbocycles. The van der Waals surface area contributed by atoms with Gasteiger partial charge in [-0.05, 0) is 48.8 Å². The van der Waals surface area contributed by atoms with Crippen molar-refractivity contribution in [3.05, 3.63) is 35.6 Å². The normalized spacial score (nSPS) is 27.7. The van der Waals surface area contributed by atoms with Gasteiger partial charge in [-0.1, -0.05) is 45.7 Å². The highest BCUT2D eigenvalue weighted by molar-refractivity contribution is 5.20. The molecule has 2 rings (SSSR count). The maximum atomic E-state index is 13.1. The number of benzene rings is 1. The van der Waals surface area contributed by atoms with Crippen LogP contribution in [0.3, 0.4) is 0 Å². The van der Waals surface area contributed by atoms with E-state index >= 15 is 0 Å². The maximum absolute atomic E-state index is 13.1. The molecule has 4 unspecified atom stereocenters. The van der Waals surface area contributed by atoms with E-state index in [2.05, 4.69) is 26.1 Å². The average Bonchev–Trinajstić information content (AvgIpc) is 2.76. The molecule has 1 aromatic rings. The van der Waals surface area contributed by atoms with E-state index in [0.717, 1.165) is 18.3 Å². The van der Waals surface area contributed by atoms with Gasteiger partial charge in [0.15, 0.2) is 0 Å². The molecule has 0 saturated heterocycles. The summed E-state index contributed by atoms with van der Waals surface area (Å²) in [5, 5.41) is 3.84. The van der Waals surface area contributed by atoms with Crippen molar-refractivity contribution in [3.63, 3.8) is 0 Å². The molecule has 1 aliphatic rings. The van der Waals surface area contributed by atoms with Gasteiger partial charge in [0.2, 0.25) is 0 Å². The Morgan fingerprint density at radius 3 is 2.45 bits per heavy atom. The van der Waals surface area contributed by atoms with Crippen molar-refractivity contribution in [2.24, 2.45) is 11.8 Å². The fourth-order valence-electron chi connectivity index (χ4n) is 3.31. The second-order valence-electron chi connectivity index (χ2n) is 6.43. The van der Waals surface area contributed by atoms with Crippen LogP contribution in [0.4, 0.5) is 4.39 Å². The van der Waals surface area contributed by atoms with Crippen LogP contribution in [-0.2, 0) is 0 Å². The van der Waals surface area contributed by atoms with Crippen molar-refractivity contribution in [1.29, 1.82) is 0 Å². The summed E-state index contributed by atoms with van der Waals surface area (Å²) in [6.45, 7) is 6.93. The lowest BCUT2D eigenvalue weighted by Crippen LogP contribution is -2.35. The van der Waals surface area contributed by atoms with E-state index in [1.807, 2.05) is 12.1 Å². The van der Waals surface area contributed by atoms with Gasteiger partial charge in [-0.15, -0.1) is 0 Å². The molecule has 1 fully saturated rings. The molecule has 0 aliphatic heterocycles. The Morgan fingerprint density at radius 2 is 1.90 bits per heavy atom. The summed E-state index contributed by atoms with van der Waals surface area (Å²) in [6.07, 6.45) is 6.15. The maximum Gasteiger partial charge on any atom is 0.123 e. The first-order chi connectivity index (χ1) is 9.61. The lowest BCUT2D eigenvalue weighted by atomic mass is 9.95. The SMILES string of the molecule is CCCCC(NC1CCC(C)C1C)c1ccc(F)cc1. The highest BCUT2D eigenvalue weighted by Gasteiger charge is 2.31. The summed E-state index contributed by atoms with van der Waals surface area (Å²) < 4.78 is 13.1. The third-order valence-corrected chi connectivity index (χ3v) is 5.00. The van der Waals surface area contributed by atoms with E-state index in [4.69, 9.17) is 0 Å². The number of hydrogen-bond donors (Lipinski definition) is 1. The molecule has 1 nitrogen and oxygen atoms in total. The molecule has 20 heavy (non-hydrogen) atoms. The fraction of sp³-hybridized carbons (Fsp3) is 0.667. The molecule has 0 heterocycles. The number of rotatable bonds is 6. The molecular formula is C18H28FN. The zero-order valence-corrected chi connectivity index (χ0v) is 13.0. The third kappa shape index (κ3) is 3.82. The van der Waals surface area contributed by atoms with Gasteiger partial charge in [-0.2, -0.15) is 0 Å². The summed E-state index contributed by atoms with van der Waals surface area (Å²) in [4.78, 5) is 0. The van der Waals surface area contributed by atoms with E-state index in [9.17, 15) is 4.39 Å². The van der Waals surface area contributed by atoms with Gasteiger partial charge in [0.1, 0.15) is 5.82 Å². The number of unbranched alkanes of at least 4 members (excludes halogenated alkanes) is 1. The van der Waals surface area contributed by atoms with Gasteiger partial charge in [0.05, 0.1) is 0 Å². The largest absolute Gasteiger partial charge is 0.307 e. The van der Waals surface area contributed by atoms with Crippen molar-refractivity contribution >= 4 is 0 Å². The predicted octanol–water partition coefficient (Wildman–Crippen LogP) is 5.08. The van der Waals surface area contributed by atoms with E-state index in [-0.39, 0.29) is 5.82 Å². The first-order valence-corrected chi connectivity index (χ1v) is 8.13. The Labute approximate surface area is 123 Å². The molecule has 0 bridgehead atoms. The molecule has 112 valence electrons. The van der Waals surface area contributed by atoms with Gasteiger partial charge in [0.25, 0.3) is 0 Å². The quantitative estimate of drug-likeness (QED) is 0.764. The molecule has 0 spiro atoms. The Balaban J connectivity index is 2.05. The Bertz CT molecular complexity index is 400. The molecule has 2 heteroatoms. The Kier molecular flexibility index (Phi) is 5.59. The highest BCUT2D eigenvalue weighted by Crippen LogP contribution is 2.33. The monoisotopic (exact) mass is 277 g/mol. The van der Waals surface area contributed by atoms with Crippen LogP contribution in [0.25, 0.3) is 0 Å². The van der Waals surface area contributed by atoms with Crippen LogP contribution >= 0.6 is 0 Å². The van der Waals surface area contributed by atoms with E-state index < -0.39 is 0 Å². The molecule has 0 radical (unpaired) electrons. The lowest BCUT2D eigenvalue weighted by Gasteiger charge is -2.27. The highest BCUT2D eigenvalue weighted by atomic mass is 19.1. The van der Waals surface area contributed by atoms with Crippen LogP contribution in [0.2, 0.25) is 0 Å². The van der Waals surface area contributed by atoms with Crippen molar-refractivity contribution < 1.29 is 4.39 Å². The smallest absolute Gasteiger partial charge is 0.123 e. The van der Waals surface area contributed by atoms with Gasteiger partial charge in [0, 0.05) is 12.1 Å². The molecule has 1 aliphatic carbocycles.